The van der Waals surface area contributed by atoms with Gasteiger partial charge in [-0.15, -0.1) is 0 Å². The van der Waals surface area contributed by atoms with Crippen LogP contribution in [-0.2, 0) is 0 Å². The van der Waals surface area contributed by atoms with Crippen LogP contribution >= 0.6 is 11.6 Å². The van der Waals surface area contributed by atoms with Crippen molar-refractivity contribution in [2.24, 2.45) is 0 Å². The third kappa shape index (κ3) is 1.56. The molecule has 0 radical (unpaired) electrons. The van der Waals surface area contributed by atoms with Gasteiger partial charge in [-0.1, -0.05) is 11.6 Å². The van der Waals surface area contributed by atoms with Gasteiger partial charge in [-0.3, -0.25) is 14.6 Å². The van der Waals surface area contributed by atoms with Crippen LogP contribution in [0, 0.1) is 6.92 Å². The second kappa shape index (κ2) is 4.38. The molecule has 5 nitrogen and oxygen atoms in total. The molecule has 0 bridgehead atoms. The van der Waals surface area contributed by atoms with Gasteiger partial charge in [0, 0.05) is 11.8 Å². The highest BCUT2D eigenvalue weighted by molar-refractivity contribution is 6.38. The summed E-state index contributed by atoms with van der Waals surface area (Å²) in [5.74, 6) is -0.296. The minimum Gasteiger partial charge on any atom is -0.495 e. The summed E-state index contributed by atoms with van der Waals surface area (Å²) < 4.78 is 5.13. The van der Waals surface area contributed by atoms with Gasteiger partial charge in [-0.2, -0.15) is 0 Å². The Morgan fingerprint density at radius 1 is 1.10 bits per heavy atom. The Balaban J connectivity index is 2.35. The fourth-order valence-electron chi connectivity index (χ4n) is 2.30. The van der Waals surface area contributed by atoms with Gasteiger partial charge >= 0.3 is 0 Å². The first-order valence-electron chi connectivity index (χ1n) is 5.83. The molecule has 20 heavy (non-hydrogen) atoms. The molecule has 0 saturated carbocycles. The molecule has 0 fully saturated rings. The Bertz CT molecular complexity index is 771. The molecule has 2 heterocycles. The summed E-state index contributed by atoms with van der Waals surface area (Å²) in [6, 6.07) is 1.48. The van der Waals surface area contributed by atoms with Gasteiger partial charge in [0.25, 0.3) is 0 Å². The van der Waals surface area contributed by atoms with E-state index in [9.17, 15) is 9.59 Å². The number of rotatable bonds is 1. The Labute approximate surface area is 119 Å². The van der Waals surface area contributed by atoms with E-state index in [1.54, 1.807) is 6.92 Å². The van der Waals surface area contributed by atoms with E-state index >= 15 is 0 Å². The van der Waals surface area contributed by atoms with Crippen LogP contribution in [0.2, 0.25) is 5.02 Å². The molecule has 2 aromatic rings. The van der Waals surface area contributed by atoms with Gasteiger partial charge < -0.3 is 4.74 Å². The van der Waals surface area contributed by atoms with E-state index in [1.165, 1.54) is 25.6 Å². The second-order valence-corrected chi connectivity index (χ2v) is 4.76. The number of fused-ring (bicyclic) bond motifs is 2. The van der Waals surface area contributed by atoms with Crippen molar-refractivity contribution in [1.82, 2.24) is 9.97 Å². The lowest BCUT2D eigenvalue weighted by atomic mass is 9.88. The number of hydrogen-bond donors (Lipinski definition) is 0. The molecule has 3 rings (SSSR count). The first-order chi connectivity index (χ1) is 9.56. The van der Waals surface area contributed by atoms with E-state index in [0.717, 1.165) is 0 Å². The van der Waals surface area contributed by atoms with Crippen LogP contribution in [0.1, 0.15) is 37.7 Å². The Kier molecular flexibility index (Phi) is 2.79. The average Bonchev–Trinajstić information content (AvgIpc) is 2.44. The van der Waals surface area contributed by atoms with Gasteiger partial charge in [0.2, 0.25) is 11.6 Å². The van der Waals surface area contributed by atoms with E-state index < -0.39 is 5.78 Å². The molecule has 2 aromatic heterocycles. The normalized spacial score (nSPS) is 12.9. The van der Waals surface area contributed by atoms with Gasteiger partial charge in [0.1, 0.15) is 17.1 Å². The van der Waals surface area contributed by atoms with Crippen molar-refractivity contribution in [3.8, 4) is 5.75 Å². The quantitative estimate of drug-likeness (QED) is 0.687. The minimum atomic E-state index is -0.390. The van der Waals surface area contributed by atoms with Crippen LogP contribution in [0.25, 0.3) is 0 Å². The molecule has 0 amide bonds. The lowest BCUT2D eigenvalue weighted by molar-refractivity contribution is 0.0970. The average molecular weight is 289 g/mol. The predicted molar refractivity (Wildman–Crippen MR) is 71.6 cm³/mol. The summed E-state index contributed by atoms with van der Waals surface area (Å²) in [5.41, 5.74) is 1.08. The number of halogens is 1. The molecule has 6 heteroatoms. The molecule has 0 aliphatic heterocycles. The number of carbonyl (C=O) groups excluding carboxylic acids is 2. The van der Waals surface area contributed by atoms with E-state index in [2.05, 4.69) is 9.97 Å². The van der Waals surface area contributed by atoms with Crippen molar-refractivity contribution in [1.29, 1.82) is 0 Å². The lowest BCUT2D eigenvalue weighted by Crippen LogP contribution is -2.25. The van der Waals surface area contributed by atoms with Gasteiger partial charge in [0.15, 0.2) is 0 Å². The number of carbonyl (C=O) groups is 2. The Morgan fingerprint density at radius 2 is 1.75 bits per heavy atom. The first kappa shape index (κ1) is 12.7. The third-order valence-electron chi connectivity index (χ3n) is 3.30. The zero-order chi connectivity index (χ0) is 14.4. The summed E-state index contributed by atoms with van der Waals surface area (Å²) in [6.45, 7) is 1.71. The maximum Gasteiger partial charge on any atom is 0.215 e. The molecule has 0 aromatic carbocycles. The number of hydrogen-bond acceptors (Lipinski definition) is 5. The van der Waals surface area contributed by atoms with Crippen LogP contribution in [0.3, 0.4) is 0 Å². The largest absolute Gasteiger partial charge is 0.495 e. The van der Waals surface area contributed by atoms with Crippen LogP contribution < -0.4 is 4.74 Å². The molecular formula is C14H9ClN2O3. The van der Waals surface area contributed by atoms with Crippen molar-refractivity contribution in [3.63, 3.8) is 0 Å². The molecule has 0 spiro atoms. The molecule has 0 N–H and O–H groups in total. The van der Waals surface area contributed by atoms with Crippen LogP contribution in [0.5, 0.6) is 5.75 Å². The van der Waals surface area contributed by atoms with E-state index in [0.29, 0.717) is 11.3 Å². The summed E-state index contributed by atoms with van der Waals surface area (Å²) >= 11 is 6.00. The number of aromatic nitrogens is 2. The summed E-state index contributed by atoms with van der Waals surface area (Å²) in [7, 11) is 1.48. The second-order valence-electron chi connectivity index (χ2n) is 4.35. The fourth-order valence-corrected chi connectivity index (χ4v) is 2.54. The zero-order valence-corrected chi connectivity index (χ0v) is 11.5. The summed E-state index contributed by atoms with van der Waals surface area (Å²) in [5, 5.41) is 0.203. The fraction of sp³-hybridized carbons (Fsp3) is 0.143. The van der Waals surface area contributed by atoms with Crippen LogP contribution in [0.4, 0.5) is 0 Å². The van der Waals surface area contributed by atoms with Gasteiger partial charge in [-0.25, -0.2) is 4.98 Å². The maximum absolute atomic E-state index is 12.5. The molecule has 1 aliphatic carbocycles. The number of nitrogens with zero attached hydrogens (tertiary/aromatic N) is 2. The van der Waals surface area contributed by atoms with Crippen molar-refractivity contribution in [2.75, 3.05) is 7.11 Å². The maximum atomic E-state index is 12.5. The standard InChI is InChI=1S/C14H9ClN2O3/c1-6-8(20-2)5-17-11-9(6)13(18)12-10(14(11)19)7(15)3-4-16-12/h3-5H,1-2H3. The number of methoxy groups -OCH3 is 1. The highest BCUT2D eigenvalue weighted by Gasteiger charge is 2.35. The topological polar surface area (TPSA) is 69.2 Å². The summed E-state index contributed by atoms with van der Waals surface area (Å²) in [4.78, 5) is 33.0. The molecule has 100 valence electrons. The van der Waals surface area contributed by atoms with Gasteiger partial charge in [0.05, 0.1) is 29.5 Å². The van der Waals surface area contributed by atoms with Crippen molar-refractivity contribution < 1.29 is 14.3 Å². The van der Waals surface area contributed by atoms with E-state index in [4.69, 9.17) is 16.3 Å². The highest BCUT2D eigenvalue weighted by Crippen LogP contribution is 2.33. The van der Waals surface area contributed by atoms with E-state index in [-0.39, 0.29) is 33.3 Å². The Morgan fingerprint density at radius 3 is 2.45 bits per heavy atom. The molecule has 0 unspecified atom stereocenters. The van der Waals surface area contributed by atoms with E-state index in [1.807, 2.05) is 0 Å². The first-order valence-corrected chi connectivity index (χ1v) is 6.21. The van der Waals surface area contributed by atoms with Crippen molar-refractivity contribution in [2.45, 2.75) is 6.92 Å². The number of pyridine rings is 2. The summed E-state index contributed by atoms with van der Waals surface area (Å²) in [6.07, 6.45) is 2.83. The SMILES string of the molecule is COc1cnc2c(c1C)C(=O)c1nccc(Cl)c1C2=O. The van der Waals surface area contributed by atoms with Crippen LogP contribution in [0.15, 0.2) is 18.5 Å². The molecule has 0 atom stereocenters. The van der Waals surface area contributed by atoms with Crippen molar-refractivity contribution >= 4 is 23.2 Å². The van der Waals surface area contributed by atoms with Crippen LogP contribution in [-0.4, -0.2) is 28.6 Å². The molecule has 1 aliphatic rings. The van der Waals surface area contributed by atoms with Crippen molar-refractivity contribution in [3.05, 3.63) is 51.6 Å². The minimum absolute atomic E-state index is 0.0631. The number of ketones is 2. The monoisotopic (exact) mass is 288 g/mol. The highest BCUT2D eigenvalue weighted by atomic mass is 35.5. The third-order valence-corrected chi connectivity index (χ3v) is 3.61. The smallest absolute Gasteiger partial charge is 0.215 e. The number of ether oxygens (including phenoxy) is 1. The Hall–Kier alpha value is -2.27. The lowest BCUT2D eigenvalue weighted by Gasteiger charge is -2.19. The molecular weight excluding hydrogens is 280 g/mol. The zero-order valence-electron chi connectivity index (χ0n) is 10.7. The predicted octanol–water partition coefficient (Wildman–Crippen LogP) is 2.22. The van der Waals surface area contributed by atoms with Gasteiger partial charge in [-0.05, 0) is 13.0 Å². The molecule has 0 saturated heterocycles.